The Balaban J connectivity index is 1.56. The third kappa shape index (κ3) is 2.66. The third-order valence-corrected chi connectivity index (χ3v) is 7.69. The van der Waals surface area contributed by atoms with Crippen molar-refractivity contribution in [3.8, 4) is 0 Å². The average molecular weight is 537 g/mol. The first kappa shape index (κ1) is 21.4. The van der Waals surface area contributed by atoms with Crippen molar-refractivity contribution >= 4 is 56.6 Å². The molecule has 0 N–H and O–H groups in total. The number of ketones is 2. The highest BCUT2D eigenvalue weighted by Gasteiger charge is 2.74. The first-order valence-electron chi connectivity index (χ1n) is 10.6. The lowest BCUT2D eigenvalue weighted by atomic mass is 9.77. The molecule has 2 saturated heterocycles. The van der Waals surface area contributed by atoms with Crippen molar-refractivity contribution in [3.63, 3.8) is 0 Å². The summed E-state index contributed by atoms with van der Waals surface area (Å²) in [6, 6.07) is 19.8. The second-order valence-electron chi connectivity index (χ2n) is 8.49. The fraction of sp³-hybridized carbons (Fsp3) is 0.154. The van der Waals surface area contributed by atoms with Crippen LogP contribution < -0.4 is 4.90 Å². The Morgan fingerprint density at radius 1 is 0.794 bits per heavy atom. The molecule has 8 heteroatoms. The van der Waals surface area contributed by atoms with Crippen LogP contribution in [0.5, 0.6) is 0 Å². The maximum atomic E-state index is 13.8. The number of carbonyl (C=O) groups is 4. The van der Waals surface area contributed by atoms with Gasteiger partial charge in [-0.3, -0.25) is 19.2 Å². The number of imide groups is 1. The van der Waals surface area contributed by atoms with Crippen molar-refractivity contribution < 1.29 is 23.9 Å². The van der Waals surface area contributed by atoms with Crippen LogP contribution in [0.4, 0.5) is 5.69 Å². The van der Waals surface area contributed by atoms with E-state index < -0.39 is 46.9 Å². The largest absolute Gasteiger partial charge is 0.349 e. The molecule has 2 aliphatic heterocycles. The summed E-state index contributed by atoms with van der Waals surface area (Å²) in [6.45, 7) is 0. The molecule has 0 radical (unpaired) electrons. The normalized spacial score (nSPS) is 24.8. The number of benzene rings is 3. The highest BCUT2D eigenvalue weighted by molar-refractivity contribution is 9.10. The summed E-state index contributed by atoms with van der Waals surface area (Å²) >= 11 is 9.79. The van der Waals surface area contributed by atoms with Gasteiger partial charge in [-0.2, -0.15) is 0 Å². The molecular weight excluding hydrogens is 522 g/mol. The predicted molar refractivity (Wildman–Crippen MR) is 127 cm³/mol. The topological polar surface area (TPSA) is 80.8 Å². The van der Waals surface area contributed by atoms with Gasteiger partial charge in [0.15, 0.2) is 0 Å². The molecule has 6 nitrogen and oxygen atoms in total. The molecule has 3 aromatic rings. The lowest BCUT2D eigenvalue weighted by molar-refractivity contribution is -0.127. The van der Waals surface area contributed by atoms with Gasteiger partial charge in [0.1, 0.15) is 0 Å². The quantitative estimate of drug-likeness (QED) is 0.347. The van der Waals surface area contributed by atoms with Gasteiger partial charge in [-0.05, 0) is 30.3 Å². The second-order valence-corrected chi connectivity index (χ2v) is 9.81. The van der Waals surface area contributed by atoms with Crippen molar-refractivity contribution in [1.29, 1.82) is 0 Å². The molecule has 6 rings (SSSR count). The van der Waals surface area contributed by atoms with Gasteiger partial charge < -0.3 is 4.74 Å². The maximum absolute atomic E-state index is 13.8. The van der Waals surface area contributed by atoms with E-state index in [1.807, 2.05) is 0 Å². The van der Waals surface area contributed by atoms with Crippen LogP contribution in [-0.2, 0) is 14.3 Å². The van der Waals surface area contributed by atoms with E-state index in [2.05, 4.69) is 15.9 Å². The van der Waals surface area contributed by atoms with Crippen molar-refractivity contribution in [1.82, 2.24) is 0 Å². The molecule has 1 spiro atoms. The van der Waals surface area contributed by atoms with Gasteiger partial charge in [-0.15, -0.1) is 0 Å². The molecule has 2 amide bonds. The van der Waals surface area contributed by atoms with E-state index in [1.54, 1.807) is 72.8 Å². The van der Waals surface area contributed by atoms with Crippen molar-refractivity contribution in [2.75, 3.05) is 4.90 Å². The molecule has 3 aliphatic rings. The standard InChI is InChI=1S/C26H15BrClNO5/c27-13-9-11-14(12-10-13)29-24(32)19-20(25(29)33)26(34-21(19)17-7-3-4-8-18(17)28)22(30)15-5-1-2-6-16(15)23(26)31/h1-12,19-21H/t19-,20+,21-/m1/s1. The van der Waals surface area contributed by atoms with Crippen molar-refractivity contribution in [2.24, 2.45) is 11.8 Å². The summed E-state index contributed by atoms with van der Waals surface area (Å²) < 4.78 is 7.01. The number of Topliss-reactive ketones (excluding diaryl/α,β-unsaturated/α-hetero) is 2. The number of ether oxygens (including phenoxy) is 1. The van der Waals surface area contributed by atoms with E-state index >= 15 is 0 Å². The van der Waals surface area contributed by atoms with Gasteiger partial charge >= 0.3 is 0 Å². The lowest BCUT2D eigenvalue weighted by Crippen LogP contribution is -2.51. The number of amides is 2. The Morgan fingerprint density at radius 3 is 2.00 bits per heavy atom. The lowest BCUT2D eigenvalue weighted by Gasteiger charge is -2.27. The second kappa shape index (κ2) is 7.43. The average Bonchev–Trinajstić information content (AvgIpc) is 3.40. The van der Waals surface area contributed by atoms with E-state index in [0.717, 1.165) is 9.37 Å². The fourth-order valence-electron chi connectivity index (χ4n) is 5.35. The minimum Gasteiger partial charge on any atom is -0.349 e. The molecule has 1 aliphatic carbocycles. The Kier molecular flexibility index (Phi) is 4.68. The monoisotopic (exact) mass is 535 g/mol. The molecule has 2 fully saturated rings. The smallest absolute Gasteiger partial charge is 0.241 e. The number of fused-ring (bicyclic) bond motifs is 3. The summed E-state index contributed by atoms with van der Waals surface area (Å²) in [5, 5.41) is 0.320. The molecule has 2 heterocycles. The minimum atomic E-state index is -2.12. The summed E-state index contributed by atoms with van der Waals surface area (Å²) in [5.41, 5.74) is -0.932. The number of hydrogen-bond acceptors (Lipinski definition) is 5. The van der Waals surface area contributed by atoms with Gasteiger partial charge in [0.25, 0.3) is 0 Å². The first-order valence-corrected chi connectivity index (χ1v) is 11.8. The van der Waals surface area contributed by atoms with Crippen LogP contribution in [-0.4, -0.2) is 29.0 Å². The number of rotatable bonds is 2. The van der Waals surface area contributed by atoms with E-state index in [4.69, 9.17) is 16.3 Å². The Hall–Kier alpha value is -3.13. The summed E-state index contributed by atoms with van der Waals surface area (Å²) in [5.74, 6) is -4.76. The zero-order valence-corrected chi connectivity index (χ0v) is 19.7. The summed E-state index contributed by atoms with van der Waals surface area (Å²) in [6.07, 6.45) is -1.04. The molecule has 34 heavy (non-hydrogen) atoms. The van der Waals surface area contributed by atoms with Gasteiger partial charge in [0, 0.05) is 26.2 Å². The highest BCUT2D eigenvalue weighted by Crippen LogP contribution is 2.58. The molecule has 168 valence electrons. The summed E-state index contributed by atoms with van der Waals surface area (Å²) in [7, 11) is 0. The van der Waals surface area contributed by atoms with E-state index in [-0.39, 0.29) is 11.1 Å². The van der Waals surface area contributed by atoms with Gasteiger partial charge in [0.2, 0.25) is 29.0 Å². The molecule has 0 bridgehead atoms. The Labute approximate surface area is 207 Å². The molecular formula is C26H15BrClNO5. The van der Waals surface area contributed by atoms with Crippen LogP contribution in [0.15, 0.2) is 77.3 Å². The number of halogens is 2. The first-order chi connectivity index (χ1) is 16.4. The third-order valence-electron chi connectivity index (χ3n) is 6.82. The molecule has 0 aromatic heterocycles. The fourth-order valence-corrected chi connectivity index (χ4v) is 5.86. The number of hydrogen-bond donors (Lipinski definition) is 0. The van der Waals surface area contributed by atoms with Crippen LogP contribution in [0, 0.1) is 11.8 Å². The van der Waals surface area contributed by atoms with Crippen LogP contribution in [0.1, 0.15) is 32.4 Å². The van der Waals surface area contributed by atoms with Gasteiger partial charge in [-0.25, -0.2) is 4.90 Å². The number of nitrogens with zero attached hydrogens (tertiary/aromatic N) is 1. The Morgan fingerprint density at radius 2 is 1.38 bits per heavy atom. The zero-order chi connectivity index (χ0) is 23.8. The highest BCUT2D eigenvalue weighted by atomic mass is 79.9. The number of carbonyl (C=O) groups excluding carboxylic acids is 4. The molecule has 3 atom stereocenters. The molecule has 0 unspecified atom stereocenters. The SMILES string of the molecule is O=C1[C@H]2[C@@H](c3ccccc3Cl)OC3(C(=O)c4ccccc4C3=O)[C@@H]2C(=O)N1c1ccc(Br)cc1. The van der Waals surface area contributed by atoms with E-state index in [0.29, 0.717) is 16.3 Å². The van der Waals surface area contributed by atoms with Crippen LogP contribution in [0.3, 0.4) is 0 Å². The van der Waals surface area contributed by atoms with Crippen molar-refractivity contribution in [2.45, 2.75) is 11.7 Å². The maximum Gasteiger partial charge on any atom is 0.241 e. The van der Waals surface area contributed by atoms with Crippen LogP contribution in [0.2, 0.25) is 5.02 Å². The van der Waals surface area contributed by atoms with Gasteiger partial charge in [-0.1, -0.05) is 70.0 Å². The van der Waals surface area contributed by atoms with E-state index in [9.17, 15) is 19.2 Å². The van der Waals surface area contributed by atoms with Crippen molar-refractivity contribution in [3.05, 3.63) is 99.0 Å². The van der Waals surface area contributed by atoms with E-state index in [1.165, 1.54) is 0 Å². The van der Waals surface area contributed by atoms with Crippen LogP contribution in [0.25, 0.3) is 0 Å². The summed E-state index contributed by atoms with van der Waals surface area (Å²) in [4.78, 5) is 56.0. The molecule has 0 saturated carbocycles. The van der Waals surface area contributed by atoms with Gasteiger partial charge in [0.05, 0.1) is 23.6 Å². The number of anilines is 1. The zero-order valence-electron chi connectivity index (χ0n) is 17.4. The molecule has 3 aromatic carbocycles. The van der Waals surface area contributed by atoms with Crippen LogP contribution >= 0.6 is 27.5 Å². The Bertz CT molecular complexity index is 1380. The predicted octanol–water partition coefficient (Wildman–Crippen LogP) is 4.80. The minimum absolute atomic E-state index is 0.188.